The average molecular weight is 399 g/mol. The Morgan fingerprint density at radius 1 is 1.38 bits per heavy atom. The standard InChI is InChI=1S/C13H20BrFN2O2S2/c1-4-13(5-2,20-3)8-17-21(18,19)12-7-11(16)10(15)6-9(12)14/h6-7,17H,4-5,8,16H2,1-3H3. The largest absolute Gasteiger partial charge is 0.396 e. The number of hydrogen-bond acceptors (Lipinski definition) is 4. The predicted octanol–water partition coefficient (Wildman–Crippen LogP) is 3.37. The molecule has 1 rings (SSSR count). The number of sulfonamides is 1. The van der Waals surface area contributed by atoms with Gasteiger partial charge in [-0.3, -0.25) is 0 Å². The predicted molar refractivity (Wildman–Crippen MR) is 90.5 cm³/mol. The smallest absolute Gasteiger partial charge is 0.241 e. The average Bonchev–Trinajstić information content (AvgIpc) is 2.45. The van der Waals surface area contributed by atoms with Gasteiger partial charge < -0.3 is 5.73 Å². The number of thioether (sulfide) groups is 1. The highest BCUT2D eigenvalue weighted by molar-refractivity contribution is 9.10. The zero-order valence-corrected chi connectivity index (χ0v) is 15.5. The number of nitrogens with two attached hydrogens (primary N) is 1. The molecule has 0 spiro atoms. The van der Waals surface area contributed by atoms with Gasteiger partial charge in [0.05, 0.1) is 10.6 Å². The lowest BCUT2D eigenvalue weighted by atomic mass is 10.0. The summed E-state index contributed by atoms with van der Waals surface area (Å²) in [5.41, 5.74) is 5.26. The molecule has 0 bridgehead atoms. The van der Waals surface area contributed by atoms with E-state index in [2.05, 4.69) is 20.7 Å². The number of nitrogens with one attached hydrogen (secondary N) is 1. The molecule has 21 heavy (non-hydrogen) atoms. The van der Waals surface area contributed by atoms with E-state index < -0.39 is 15.8 Å². The maximum atomic E-state index is 13.3. The SMILES string of the molecule is CCC(CC)(CNS(=O)(=O)c1cc(N)c(F)cc1Br)SC. The van der Waals surface area contributed by atoms with Gasteiger partial charge in [0, 0.05) is 15.8 Å². The number of anilines is 1. The first-order valence-electron chi connectivity index (χ1n) is 6.50. The summed E-state index contributed by atoms with van der Waals surface area (Å²) in [6.45, 7) is 4.37. The second kappa shape index (κ2) is 7.30. The molecule has 0 atom stereocenters. The summed E-state index contributed by atoms with van der Waals surface area (Å²) in [6, 6.07) is 2.19. The molecular weight excluding hydrogens is 379 g/mol. The Morgan fingerprint density at radius 3 is 2.43 bits per heavy atom. The highest BCUT2D eigenvalue weighted by Gasteiger charge is 2.28. The highest BCUT2D eigenvalue weighted by atomic mass is 79.9. The van der Waals surface area contributed by atoms with E-state index in [0.29, 0.717) is 6.54 Å². The highest BCUT2D eigenvalue weighted by Crippen LogP contribution is 2.31. The molecule has 1 aromatic rings. The quantitative estimate of drug-likeness (QED) is 0.690. The first-order valence-corrected chi connectivity index (χ1v) is 10.0. The summed E-state index contributed by atoms with van der Waals surface area (Å²) in [7, 11) is -3.75. The topological polar surface area (TPSA) is 72.2 Å². The van der Waals surface area contributed by atoms with Gasteiger partial charge in [0.2, 0.25) is 10.0 Å². The monoisotopic (exact) mass is 398 g/mol. The van der Waals surface area contributed by atoms with Crippen molar-refractivity contribution in [2.75, 3.05) is 18.5 Å². The van der Waals surface area contributed by atoms with Gasteiger partial charge in [-0.1, -0.05) is 13.8 Å². The molecule has 0 radical (unpaired) electrons. The fourth-order valence-corrected chi connectivity index (χ4v) is 4.98. The van der Waals surface area contributed by atoms with Crippen LogP contribution in [-0.4, -0.2) is 26.0 Å². The van der Waals surface area contributed by atoms with Crippen LogP contribution in [0.4, 0.5) is 10.1 Å². The van der Waals surface area contributed by atoms with Crippen molar-refractivity contribution >= 4 is 43.4 Å². The van der Waals surface area contributed by atoms with E-state index in [1.165, 1.54) is 0 Å². The van der Waals surface area contributed by atoms with Crippen molar-refractivity contribution in [3.05, 3.63) is 22.4 Å². The van der Waals surface area contributed by atoms with Crippen molar-refractivity contribution in [3.8, 4) is 0 Å². The van der Waals surface area contributed by atoms with E-state index in [9.17, 15) is 12.8 Å². The zero-order chi connectivity index (χ0) is 16.3. The summed E-state index contributed by atoms with van der Waals surface area (Å²) >= 11 is 4.71. The Kier molecular flexibility index (Phi) is 6.52. The molecule has 1 aromatic carbocycles. The Morgan fingerprint density at radius 2 is 1.95 bits per heavy atom. The van der Waals surface area contributed by atoms with Crippen LogP contribution < -0.4 is 10.5 Å². The van der Waals surface area contributed by atoms with Crippen molar-refractivity contribution < 1.29 is 12.8 Å². The van der Waals surface area contributed by atoms with Gasteiger partial charge in [-0.15, -0.1) is 0 Å². The lowest BCUT2D eigenvalue weighted by Gasteiger charge is -2.29. The molecule has 120 valence electrons. The Balaban J connectivity index is 3.05. The van der Waals surface area contributed by atoms with Crippen molar-refractivity contribution in [2.24, 2.45) is 0 Å². The van der Waals surface area contributed by atoms with Crippen molar-refractivity contribution in [2.45, 2.75) is 36.3 Å². The number of nitrogen functional groups attached to an aromatic ring is 1. The van der Waals surface area contributed by atoms with Crippen LogP contribution in [0.3, 0.4) is 0 Å². The molecule has 0 saturated heterocycles. The van der Waals surface area contributed by atoms with Crippen LogP contribution in [0.1, 0.15) is 26.7 Å². The molecule has 0 amide bonds. The van der Waals surface area contributed by atoms with E-state index in [0.717, 1.165) is 25.0 Å². The fourth-order valence-electron chi connectivity index (χ4n) is 1.92. The molecule has 0 saturated carbocycles. The Labute approximate surface area is 138 Å². The van der Waals surface area contributed by atoms with Gasteiger partial charge in [-0.2, -0.15) is 11.8 Å². The van der Waals surface area contributed by atoms with E-state index in [4.69, 9.17) is 5.73 Å². The van der Waals surface area contributed by atoms with Gasteiger partial charge in [-0.05, 0) is 47.2 Å². The Bertz CT molecular complexity index is 596. The third kappa shape index (κ3) is 4.34. The van der Waals surface area contributed by atoms with Crippen molar-refractivity contribution in [1.29, 1.82) is 0 Å². The molecule has 4 nitrogen and oxygen atoms in total. The number of hydrogen-bond donors (Lipinski definition) is 2. The van der Waals surface area contributed by atoms with Crippen LogP contribution in [0.5, 0.6) is 0 Å². The summed E-state index contributed by atoms with van der Waals surface area (Å²) in [6.07, 6.45) is 3.66. The van der Waals surface area contributed by atoms with Crippen molar-refractivity contribution in [3.63, 3.8) is 0 Å². The molecule has 0 aliphatic heterocycles. The number of rotatable bonds is 7. The van der Waals surface area contributed by atoms with Crippen LogP contribution in [0.25, 0.3) is 0 Å². The molecule has 8 heteroatoms. The second-order valence-electron chi connectivity index (χ2n) is 4.72. The molecule has 0 aliphatic carbocycles. The van der Waals surface area contributed by atoms with E-state index >= 15 is 0 Å². The molecule has 0 aromatic heterocycles. The lowest BCUT2D eigenvalue weighted by Crippen LogP contribution is -2.39. The van der Waals surface area contributed by atoms with E-state index in [1.54, 1.807) is 11.8 Å². The van der Waals surface area contributed by atoms with Crippen LogP contribution in [-0.2, 0) is 10.0 Å². The number of benzene rings is 1. The van der Waals surface area contributed by atoms with E-state index in [-0.39, 0.29) is 19.8 Å². The summed E-state index contributed by atoms with van der Waals surface area (Å²) in [4.78, 5) is -0.0522. The minimum absolute atomic E-state index is 0.0522. The van der Waals surface area contributed by atoms with Gasteiger partial charge in [-0.25, -0.2) is 17.5 Å². The molecular formula is C13H20BrFN2O2S2. The van der Waals surface area contributed by atoms with Crippen LogP contribution in [0.15, 0.2) is 21.5 Å². The Hall–Kier alpha value is -0.310. The first kappa shape index (κ1) is 18.7. The first-order chi connectivity index (χ1) is 9.71. The maximum absolute atomic E-state index is 13.3. The molecule has 0 unspecified atom stereocenters. The van der Waals surface area contributed by atoms with E-state index in [1.807, 2.05) is 20.1 Å². The number of halogens is 2. The maximum Gasteiger partial charge on any atom is 0.241 e. The minimum Gasteiger partial charge on any atom is -0.396 e. The van der Waals surface area contributed by atoms with Crippen molar-refractivity contribution in [1.82, 2.24) is 4.72 Å². The minimum atomic E-state index is -3.75. The van der Waals surface area contributed by atoms with Crippen LogP contribution >= 0.6 is 27.7 Å². The summed E-state index contributed by atoms with van der Waals surface area (Å²) < 4.78 is 40.7. The third-order valence-electron chi connectivity index (χ3n) is 3.65. The normalized spacial score (nSPS) is 12.6. The second-order valence-corrected chi connectivity index (χ2v) is 8.59. The lowest BCUT2D eigenvalue weighted by molar-refractivity contribution is 0.521. The van der Waals surface area contributed by atoms with Gasteiger partial charge in [0.25, 0.3) is 0 Å². The summed E-state index contributed by atoms with van der Waals surface area (Å²) in [5, 5.41) is 0. The molecule has 3 N–H and O–H groups in total. The molecule has 0 heterocycles. The molecule has 0 aliphatic rings. The summed E-state index contributed by atoms with van der Waals surface area (Å²) in [5.74, 6) is -0.651. The molecule has 0 fully saturated rings. The van der Waals surface area contributed by atoms with Gasteiger partial charge in [0.15, 0.2) is 0 Å². The zero-order valence-electron chi connectivity index (χ0n) is 12.2. The van der Waals surface area contributed by atoms with Gasteiger partial charge in [0.1, 0.15) is 5.82 Å². The van der Waals surface area contributed by atoms with Crippen LogP contribution in [0.2, 0.25) is 0 Å². The third-order valence-corrected chi connectivity index (χ3v) is 7.59. The van der Waals surface area contributed by atoms with Crippen LogP contribution in [0, 0.1) is 5.82 Å². The fraction of sp³-hybridized carbons (Fsp3) is 0.538. The van der Waals surface area contributed by atoms with Gasteiger partial charge >= 0.3 is 0 Å².